The quantitative estimate of drug-likeness (QED) is 0.705. The highest BCUT2D eigenvalue weighted by atomic mass is 15.2. The summed E-state index contributed by atoms with van der Waals surface area (Å²) in [5, 5.41) is 0. The third kappa shape index (κ3) is 5.43. The summed E-state index contributed by atoms with van der Waals surface area (Å²) in [5.41, 5.74) is 9.47. The molecule has 2 N–H and O–H groups in total. The molecule has 0 fully saturated rings. The lowest BCUT2D eigenvalue weighted by molar-refractivity contribution is 0.450. The largest absolute Gasteiger partial charge is 0.385 e. The fraction of sp³-hybridized carbons (Fsp3) is 0.467. The van der Waals surface area contributed by atoms with Crippen LogP contribution in [0.15, 0.2) is 47.5 Å². The zero-order valence-corrected chi connectivity index (χ0v) is 11.9. The first-order valence-electron chi connectivity index (χ1n) is 6.14. The Kier molecular flexibility index (Phi) is 7.11. The van der Waals surface area contributed by atoms with Gasteiger partial charge in [0.25, 0.3) is 0 Å². The third-order valence-electron chi connectivity index (χ3n) is 2.26. The first-order chi connectivity index (χ1) is 7.93. The molecule has 0 amide bonds. The molecule has 0 aliphatic carbocycles. The minimum atomic E-state index is 0.777. The van der Waals surface area contributed by atoms with Crippen molar-refractivity contribution in [1.29, 1.82) is 0 Å². The Morgan fingerprint density at radius 2 is 1.88 bits per heavy atom. The normalized spacial score (nSPS) is 12.3. The molecule has 0 rings (SSSR count). The number of hydrogen-bond acceptors (Lipinski definition) is 2. The Morgan fingerprint density at radius 1 is 1.29 bits per heavy atom. The molecule has 2 nitrogen and oxygen atoms in total. The molecule has 0 bridgehead atoms. The summed E-state index contributed by atoms with van der Waals surface area (Å²) in [5.74, 6) is 0.777. The zero-order valence-electron chi connectivity index (χ0n) is 11.9. The van der Waals surface area contributed by atoms with E-state index in [9.17, 15) is 0 Å². The van der Waals surface area contributed by atoms with Gasteiger partial charge in [0.2, 0.25) is 0 Å². The van der Waals surface area contributed by atoms with Crippen LogP contribution in [-0.2, 0) is 0 Å². The molecule has 0 unspecified atom stereocenters. The van der Waals surface area contributed by atoms with Crippen LogP contribution < -0.4 is 5.73 Å². The van der Waals surface area contributed by atoms with Crippen LogP contribution in [-0.4, -0.2) is 11.4 Å². The Balaban J connectivity index is 5.39. The maximum atomic E-state index is 6.23. The van der Waals surface area contributed by atoms with Crippen molar-refractivity contribution in [2.75, 3.05) is 6.54 Å². The summed E-state index contributed by atoms with van der Waals surface area (Å²) < 4.78 is 0. The smallest absolute Gasteiger partial charge is 0.110 e. The Labute approximate surface area is 106 Å². The Hall–Kier alpha value is -1.44. The van der Waals surface area contributed by atoms with Gasteiger partial charge in [0, 0.05) is 18.3 Å². The van der Waals surface area contributed by atoms with Crippen molar-refractivity contribution in [3.05, 3.63) is 47.5 Å². The van der Waals surface area contributed by atoms with Gasteiger partial charge < -0.3 is 10.6 Å². The van der Waals surface area contributed by atoms with Crippen LogP contribution in [0, 0.1) is 0 Å². The molecule has 0 radical (unpaired) electrons. The second-order valence-corrected chi connectivity index (χ2v) is 4.48. The maximum Gasteiger partial charge on any atom is 0.110 e. The molecular weight excluding hydrogens is 208 g/mol. The van der Waals surface area contributed by atoms with Gasteiger partial charge >= 0.3 is 0 Å². The summed E-state index contributed by atoms with van der Waals surface area (Å²) in [6.45, 7) is 15.2. The summed E-state index contributed by atoms with van der Waals surface area (Å²) in [7, 11) is 0. The summed E-state index contributed by atoms with van der Waals surface area (Å²) in [6, 6.07) is 0. The Morgan fingerprint density at radius 3 is 2.24 bits per heavy atom. The van der Waals surface area contributed by atoms with E-state index in [1.807, 2.05) is 26.0 Å². The van der Waals surface area contributed by atoms with Crippen LogP contribution in [0.5, 0.6) is 0 Å². The van der Waals surface area contributed by atoms with Gasteiger partial charge in [0.1, 0.15) is 5.82 Å². The van der Waals surface area contributed by atoms with Gasteiger partial charge in [0.15, 0.2) is 0 Å². The van der Waals surface area contributed by atoms with Crippen molar-refractivity contribution in [3.63, 3.8) is 0 Å². The van der Waals surface area contributed by atoms with E-state index < -0.39 is 0 Å². The van der Waals surface area contributed by atoms with E-state index in [2.05, 4.69) is 38.5 Å². The molecule has 0 atom stereocenters. The van der Waals surface area contributed by atoms with E-state index in [1.165, 1.54) is 5.57 Å². The van der Waals surface area contributed by atoms with Crippen molar-refractivity contribution in [2.45, 2.75) is 41.0 Å². The van der Waals surface area contributed by atoms with Crippen molar-refractivity contribution in [1.82, 2.24) is 4.90 Å². The molecule has 0 saturated heterocycles. The molecule has 0 spiro atoms. The monoisotopic (exact) mass is 234 g/mol. The third-order valence-corrected chi connectivity index (χ3v) is 2.26. The highest BCUT2D eigenvalue weighted by molar-refractivity contribution is 5.39. The topological polar surface area (TPSA) is 29.3 Å². The highest BCUT2D eigenvalue weighted by Gasteiger charge is 2.08. The highest BCUT2D eigenvalue weighted by Crippen LogP contribution is 2.16. The number of nitrogens with zero attached hydrogens (tertiary/aromatic N) is 1. The second-order valence-electron chi connectivity index (χ2n) is 4.48. The van der Waals surface area contributed by atoms with Gasteiger partial charge in [-0.05, 0) is 39.7 Å². The van der Waals surface area contributed by atoms with Gasteiger partial charge in [0.05, 0.1) is 0 Å². The summed E-state index contributed by atoms with van der Waals surface area (Å²) in [6.07, 6.45) is 7.15. The molecular formula is C15H26N2. The molecule has 0 aromatic heterocycles. The standard InChI is InChI=1S/C15H26N2/c1-7-9-14(13(5)6)15(16)17(10-8-2)11-12(3)4/h7,9,11H,5,8,10,16H2,1-4,6H3/b9-7-,15-14+. The van der Waals surface area contributed by atoms with E-state index in [1.54, 1.807) is 0 Å². The van der Waals surface area contributed by atoms with Crippen molar-refractivity contribution in [3.8, 4) is 0 Å². The molecule has 96 valence electrons. The van der Waals surface area contributed by atoms with Gasteiger partial charge in [-0.25, -0.2) is 0 Å². The van der Waals surface area contributed by atoms with Crippen molar-refractivity contribution < 1.29 is 0 Å². The first kappa shape index (κ1) is 15.6. The van der Waals surface area contributed by atoms with Gasteiger partial charge in [-0.15, -0.1) is 0 Å². The average Bonchev–Trinajstić information content (AvgIpc) is 2.23. The average molecular weight is 234 g/mol. The predicted molar refractivity (Wildman–Crippen MR) is 77.3 cm³/mol. The maximum absolute atomic E-state index is 6.23. The molecule has 0 aromatic carbocycles. The Bertz CT molecular complexity index is 342. The molecule has 2 heteroatoms. The van der Waals surface area contributed by atoms with Crippen molar-refractivity contribution >= 4 is 0 Å². The van der Waals surface area contributed by atoms with E-state index >= 15 is 0 Å². The number of rotatable bonds is 6. The van der Waals surface area contributed by atoms with Gasteiger partial charge in [-0.2, -0.15) is 0 Å². The minimum absolute atomic E-state index is 0.777. The SMILES string of the molecule is C=C(C)C(/C=C\C)=C(\N)N(C=C(C)C)CCC. The molecule has 0 heterocycles. The molecule has 17 heavy (non-hydrogen) atoms. The van der Waals surface area contributed by atoms with Crippen LogP contribution in [0.3, 0.4) is 0 Å². The lowest BCUT2D eigenvalue weighted by Gasteiger charge is -2.23. The van der Waals surface area contributed by atoms with Gasteiger partial charge in [-0.1, -0.05) is 31.2 Å². The molecule has 0 saturated carbocycles. The van der Waals surface area contributed by atoms with Gasteiger partial charge in [-0.3, -0.25) is 0 Å². The van der Waals surface area contributed by atoms with E-state index in [-0.39, 0.29) is 0 Å². The molecule has 0 aromatic rings. The summed E-state index contributed by atoms with van der Waals surface area (Å²) >= 11 is 0. The summed E-state index contributed by atoms with van der Waals surface area (Å²) in [4.78, 5) is 2.10. The van der Waals surface area contributed by atoms with Crippen LogP contribution in [0.4, 0.5) is 0 Å². The predicted octanol–water partition coefficient (Wildman–Crippen LogP) is 3.94. The number of hydrogen-bond donors (Lipinski definition) is 1. The van der Waals surface area contributed by atoms with Crippen LogP contribution in [0.1, 0.15) is 41.0 Å². The minimum Gasteiger partial charge on any atom is -0.385 e. The van der Waals surface area contributed by atoms with Crippen LogP contribution in [0.25, 0.3) is 0 Å². The second kappa shape index (κ2) is 7.77. The van der Waals surface area contributed by atoms with E-state index in [4.69, 9.17) is 5.73 Å². The van der Waals surface area contributed by atoms with Crippen LogP contribution >= 0.6 is 0 Å². The zero-order chi connectivity index (χ0) is 13.4. The van der Waals surface area contributed by atoms with E-state index in [0.717, 1.165) is 29.9 Å². The lowest BCUT2D eigenvalue weighted by Crippen LogP contribution is -2.25. The van der Waals surface area contributed by atoms with Crippen molar-refractivity contribution in [2.24, 2.45) is 5.73 Å². The number of allylic oxidation sites excluding steroid dienone is 5. The van der Waals surface area contributed by atoms with E-state index in [0.29, 0.717) is 0 Å². The fourth-order valence-electron chi connectivity index (χ4n) is 1.57. The fourth-order valence-corrected chi connectivity index (χ4v) is 1.57. The molecule has 0 aliphatic rings. The molecule has 0 aliphatic heterocycles. The lowest BCUT2D eigenvalue weighted by atomic mass is 10.1. The van der Waals surface area contributed by atoms with Crippen LogP contribution in [0.2, 0.25) is 0 Å². The number of nitrogens with two attached hydrogens (primary N) is 1. The first-order valence-corrected chi connectivity index (χ1v) is 6.14.